The summed E-state index contributed by atoms with van der Waals surface area (Å²) in [7, 11) is 0. The third-order valence-corrected chi connectivity index (χ3v) is 3.25. The molecule has 0 bridgehead atoms. The molecule has 3 rings (SSSR count). The predicted molar refractivity (Wildman–Crippen MR) is 81.2 cm³/mol. The summed E-state index contributed by atoms with van der Waals surface area (Å²) >= 11 is 3.43. The van der Waals surface area contributed by atoms with Crippen molar-refractivity contribution < 1.29 is 4.42 Å². The van der Waals surface area contributed by atoms with Crippen LogP contribution in [0.25, 0.3) is 11.5 Å². The van der Waals surface area contributed by atoms with Crippen LogP contribution in [0.4, 0.5) is 5.69 Å². The topological polar surface area (TPSA) is 51.0 Å². The van der Waals surface area contributed by atoms with Gasteiger partial charge in [-0.3, -0.25) is 0 Å². The van der Waals surface area contributed by atoms with Crippen molar-refractivity contribution in [3.8, 4) is 11.5 Å². The zero-order valence-electron chi connectivity index (χ0n) is 10.6. The Morgan fingerprint density at radius 1 is 1.00 bits per heavy atom. The summed E-state index contributed by atoms with van der Waals surface area (Å²) in [5.41, 5.74) is 1.92. The zero-order valence-corrected chi connectivity index (χ0v) is 12.2. The lowest BCUT2D eigenvalue weighted by Crippen LogP contribution is -1.99. The molecular formula is C15H12BrN3O. The maximum atomic E-state index is 5.63. The molecule has 1 N–H and O–H groups in total. The average Bonchev–Trinajstić information content (AvgIpc) is 2.95. The summed E-state index contributed by atoms with van der Waals surface area (Å²) in [6.07, 6.45) is 0. The maximum absolute atomic E-state index is 5.63. The zero-order chi connectivity index (χ0) is 13.8. The maximum Gasteiger partial charge on any atom is 0.247 e. The second-order valence-electron chi connectivity index (χ2n) is 4.23. The van der Waals surface area contributed by atoms with Crippen LogP contribution in [-0.2, 0) is 6.54 Å². The lowest BCUT2D eigenvalue weighted by atomic mass is 10.2. The van der Waals surface area contributed by atoms with Gasteiger partial charge in [-0.1, -0.05) is 40.2 Å². The predicted octanol–water partition coefficient (Wildman–Crippen LogP) is 4.11. The SMILES string of the molecule is Brc1cccc(NCc2nnc(-c3ccccc3)o2)c1. The second kappa shape index (κ2) is 5.88. The van der Waals surface area contributed by atoms with Crippen molar-refractivity contribution >= 4 is 21.6 Å². The molecule has 0 amide bonds. The Labute approximate surface area is 125 Å². The number of rotatable bonds is 4. The third-order valence-electron chi connectivity index (χ3n) is 2.76. The van der Waals surface area contributed by atoms with Crippen molar-refractivity contribution in [2.45, 2.75) is 6.54 Å². The van der Waals surface area contributed by atoms with E-state index in [4.69, 9.17) is 4.42 Å². The summed E-state index contributed by atoms with van der Waals surface area (Å²) in [4.78, 5) is 0. The monoisotopic (exact) mass is 329 g/mol. The quantitative estimate of drug-likeness (QED) is 0.782. The molecule has 0 saturated heterocycles. The molecule has 1 aromatic heterocycles. The van der Waals surface area contributed by atoms with E-state index in [0.717, 1.165) is 15.7 Å². The van der Waals surface area contributed by atoms with E-state index in [9.17, 15) is 0 Å². The molecule has 0 spiro atoms. The first kappa shape index (κ1) is 12.9. The van der Waals surface area contributed by atoms with Crippen LogP contribution in [0.2, 0.25) is 0 Å². The minimum atomic E-state index is 0.496. The van der Waals surface area contributed by atoms with Gasteiger partial charge in [0, 0.05) is 15.7 Å². The fourth-order valence-corrected chi connectivity index (χ4v) is 2.20. The molecule has 2 aromatic carbocycles. The Morgan fingerprint density at radius 3 is 2.65 bits per heavy atom. The van der Waals surface area contributed by atoms with Crippen LogP contribution in [-0.4, -0.2) is 10.2 Å². The van der Waals surface area contributed by atoms with E-state index in [0.29, 0.717) is 18.3 Å². The number of nitrogens with one attached hydrogen (secondary N) is 1. The summed E-state index contributed by atoms with van der Waals surface area (Å²) < 4.78 is 6.65. The first-order valence-electron chi connectivity index (χ1n) is 6.18. The Balaban J connectivity index is 1.69. The molecule has 100 valence electrons. The standard InChI is InChI=1S/C15H12BrN3O/c16-12-7-4-8-13(9-12)17-10-14-18-19-15(20-14)11-5-2-1-3-6-11/h1-9,17H,10H2. The lowest BCUT2D eigenvalue weighted by Gasteiger charge is -2.03. The van der Waals surface area contributed by atoms with E-state index < -0.39 is 0 Å². The molecule has 4 nitrogen and oxygen atoms in total. The largest absolute Gasteiger partial charge is 0.419 e. The number of hydrogen-bond acceptors (Lipinski definition) is 4. The Bertz CT molecular complexity index is 697. The van der Waals surface area contributed by atoms with Gasteiger partial charge in [0.15, 0.2) is 0 Å². The highest BCUT2D eigenvalue weighted by Gasteiger charge is 2.07. The molecule has 0 aliphatic carbocycles. The normalized spacial score (nSPS) is 10.4. The van der Waals surface area contributed by atoms with Crippen LogP contribution in [0, 0.1) is 0 Å². The molecule has 0 unspecified atom stereocenters. The van der Waals surface area contributed by atoms with Gasteiger partial charge in [-0.15, -0.1) is 10.2 Å². The van der Waals surface area contributed by atoms with Gasteiger partial charge in [0.05, 0.1) is 6.54 Å². The molecule has 0 aliphatic heterocycles. The van der Waals surface area contributed by atoms with E-state index in [1.54, 1.807) is 0 Å². The summed E-state index contributed by atoms with van der Waals surface area (Å²) in [6, 6.07) is 17.7. The minimum Gasteiger partial charge on any atom is -0.419 e. The Morgan fingerprint density at radius 2 is 1.85 bits per heavy atom. The first-order chi connectivity index (χ1) is 9.81. The summed E-state index contributed by atoms with van der Waals surface area (Å²) in [5.74, 6) is 1.10. The van der Waals surface area contributed by atoms with Crippen molar-refractivity contribution in [2.24, 2.45) is 0 Å². The molecule has 0 aliphatic rings. The van der Waals surface area contributed by atoms with E-state index in [1.165, 1.54) is 0 Å². The summed E-state index contributed by atoms with van der Waals surface area (Å²) in [5, 5.41) is 11.3. The number of aromatic nitrogens is 2. The van der Waals surface area contributed by atoms with E-state index in [-0.39, 0.29) is 0 Å². The average molecular weight is 330 g/mol. The van der Waals surface area contributed by atoms with Gasteiger partial charge in [0.1, 0.15) is 0 Å². The highest BCUT2D eigenvalue weighted by molar-refractivity contribution is 9.10. The van der Waals surface area contributed by atoms with Crippen molar-refractivity contribution in [2.75, 3.05) is 5.32 Å². The van der Waals surface area contributed by atoms with Gasteiger partial charge in [-0.25, -0.2) is 0 Å². The van der Waals surface area contributed by atoms with Crippen molar-refractivity contribution in [1.29, 1.82) is 0 Å². The third kappa shape index (κ3) is 3.05. The highest BCUT2D eigenvalue weighted by Crippen LogP contribution is 2.19. The van der Waals surface area contributed by atoms with Crippen molar-refractivity contribution in [3.05, 3.63) is 65.0 Å². The molecule has 0 saturated carbocycles. The van der Waals surface area contributed by atoms with Gasteiger partial charge < -0.3 is 9.73 Å². The van der Waals surface area contributed by atoms with E-state index in [2.05, 4.69) is 31.4 Å². The fraction of sp³-hybridized carbons (Fsp3) is 0.0667. The van der Waals surface area contributed by atoms with Crippen LogP contribution >= 0.6 is 15.9 Å². The molecule has 20 heavy (non-hydrogen) atoms. The smallest absolute Gasteiger partial charge is 0.247 e. The van der Waals surface area contributed by atoms with Crippen LogP contribution in [0.15, 0.2) is 63.5 Å². The van der Waals surface area contributed by atoms with Gasteiger partial charge >= 0.3 is 0 Å². The lowest BCUT2D eigenvalue weighted by molar-refractivity contribution is 0.515. The molecule has 5 heteroatoms. The molecule has 1 heterocycles. The number of benzene rings is 2. The molecule has 3 aromatic rings. The van der Waals surface area contributed by atoms with Crippen LogP contribution < -0.4 is 5.32 Å². The number of hydrogen-bond donors (Lipinski definition) is 1. The van der Waals surface area contributed by atoms with Crippen LogP contribution in [0.3, 0.4) is 0 Å². The van der Waals surface area contributed by atoms with Crippen molar-refractivity contribution in [3.63, 3.8) is 0 Å². The number of nitrogens with zero attached hydrogens (tertiary/aromatic N) is 2. The molecule has 0 atom stereocenters. The minimum absolute atomic E-state index is 0.496. The first-order valence-corrected chi connectivity index (χ1v) is 6.98. The molecule has 0 fully saturated rings. The molecular weight excluding hydrogens is 318 g/mol. The van der Waals surface area contributed by atoms with Gasteiger partial charge in [0.25, 0.3) is 0 Å². The van der Waals surface area contributed by atoms with Crippen LogP contribution in [0.5, 0.6) is 0 Å². The van der Waals surface area contributed by atoms with Gasteiger partial charge in [-0.2, -0.15) is 0 Å². The Kier molecular flexibility index (Phi) is 3.78. The molecule has 0 radical (unpaired) electrons. The number of anilines is 1. The number of halogens is 1. The van der Waals surface area contributed by atoms with Gasteiger partial charge in [0.2, 0.25) is 11.8 Å². The summed E-state index contributed by atoms with van der Waals surface area (Å²) in [6.45, 7) is 0.496. The van der Waals surface area contributed by atoms with Gasteiger partial charge in [-0.05, 0) is 30.3 Å². The Hall–Kier alpha value is -2.14. The highest BCUT2D eigenvalue weighted by atomic mass is 79.9. The van der Waals surface area contributed by atoms with E-state index in [1.807, 2.05) is 54.6 Å². The fourth-order valence-electron chi connectivity index (χ4n) is 1.80. The van der Waals surface area contributed by atoms with Crippen molar-refractivity contribution in [1.82, 2.24) is 10.2 Å². The van der Waals surface area contributed by atoms with Crippen LogP contribution in [0.1, 0.15) is 5.89 Å². The van der Waals surface area contributed by atoms with E-state index >= 15 is 0 Å². The second-order valence-corrected chi connectivity index (χ2v) is 5.15.